The molecule has 4 heterocycles. The summed E-state index contributed by atoms with van der Waals surface area (Å²) in [6.07, 6.45) is 20.4. The van der Waals surface area contributed by atoms with Crippen LogP contribution in [-0.2, 0) is 0 Å². The maximum absolute atomic E-state index is 2.72. The Hall–Kier alpha value is -7.04. The zero-order valence-corrected chi connectivity index (χ0v) is 35.7. The van der Waals surface area contributed by atoms with Gasteiger partial charge in [0, 0.05) is 61.3 Å². The molecule has 4 nitrogen and oxygen atoms in total. The molecule has 3 unspecified atom stereocenters. The molecule has 0 spiro atoms. The van der Waals surface area contributed by atoms with Crippen molar-refractivity contribution in [2.75, 3.05) is 14.7 Å². The van der Waals surface area contributed by atoms with E-state index >= 15 is 0 Å². The summed E-state index contributed by atoms with van der Waals surface area (Å²) in [5.74, 6) is 0.757. The van der Waals surface area contributed by atoms with Crippen molar-refractivity contribution in [1.82, 2.24) is 4.40 Å². The summed E-state index contributed by atoms with van der Waals surface area (Å²) in [5, 5.41) is 5.17. The van der Waals surface area contributed by atoms with E-state index in [0.717, 1.165) is 30.6 Å². The van der Waals surface area contributed by atoms with Crippen molar-refractivity contribution in [3.05, 3.63) is 209 Å². The summed E-state index contributed by atoms with van der Waals surface area (Å²) >= 11 is 0. The fourth-order valence-corrected chi connectivity index (χ4v) is 11.4. The lowest BCUT2D eigenvalue weighted by Gasteiger charge is -2.37. The standard InChI is InChI=1S/C58H48N4/c1-35-13-21-39(22-14-35)59(40-23-15-36(2)16-24-40)51-31-29-43-47-33-54-48(34-53(47)61-49-11-7-5-9-45(49)55(51)57(43)61)44-30-32-52(56-46-10-6-8-12-50(46)62(54)58(44)56)60(41-25-17-37(3)18-26-41)42-27-19-38(4)20-28-42/h5,7,9-19,21-34,38,56,58H,6,8,20H2,1-4H3. The summed E-state index contributed by atoms with van der Waals surface area (Å²) in [4.78, 5) is 7.73. The molecular weight excluding hydrogens is 753 g/mol. The number of hydrogen-bond donors (Lipinski definition) is 0. The summed E-state index contributed by atoms with van der Waals surface area (Å²) in [6, 6.07) is 46.1. The Balaban J connectivity index is 1.04. The van der Waals surface area contributed by atoms with Crippen LogP contribution in [0.1, 0.15) is 48.4 Å². The van der Waals surface area contributed by atoms with Crippen LogP contribution in [-0.4, -0.2) is 10.4 Å². The fourth-order valence-electron chi connectivity index (χ4n) is 11.4. The van der Waals surface area contributed by atoms with Crippen LogP contribution in [0.25, 0.3) is 43.7 Å². The van der Waals surface area contributed by atoms with Gasteiger partial charge in [0.15, 0.2) is 0 Å². The maximum Gasteiger partial charge on any atom is 0.0722 e. The van der Waals surface area contributed by atoms with Gasteiger partial charge in [-0.25, -0.2) is 0 Å². The molecule has 0 N–H and O–H groups in total. The predicted octanol–water partition coefficient (Wildman–Crippen LogP) is 14.9. The lowest BCUT2D eigenvalue weighted by Crippen LogP contribution is -2.36. The number of para-hydroxylation sites is 1. The number of benzene rings is 6. The molecule has 5 aliphatic rings. The maximum atomic E-state index is 2.72. The van der Waals surface area contributed by atoms with E-state index in [4.69, 9.17) is 0 Å². The molecule has 0 bridgehead atoms. The lowest BCUT2D eigenvalue weighted by atomic mass is 9.80. The first kappa shape index (κ1) is 35.7. The molecule has 6 aromatic carbocycles. The van der Waals surface area contributed by atoms with Crippen LogP contribution in [0.3, 0.4) is 0 Å². The molecule has 0 saturated carbocycles. The Morgan fingerprint density at radius 3 is 1.97 bits per heavy atom. The minimum atomic E-state index is 0.198. The monoisotopic (exact) mass is 800 g/mol. The van der Waals surface area contributed by atoms with Crippen molar-refractivity contribution in [3.63, 3.8) is 0 Å². The lowest BCUT2D eigenvalue weighted by molar-refractivity contribution is 0.667. The van der Waals surface area contributed by atoms with E-state index in [2.05, 4.69) is 211 Å². The molecule has 2 aromatic heterocycles. The van der Waals surface area contributed by atoms with Crippen molar-refractivity contribution in [3.8, 4) is 0 Å². The minimum absolute atomic E-state index is 0.198. The molecule has 0 radical (unpaired) electrons. The van der Waals surface area contributed by atoms with Crippen molar-refractivity contribution in [2.24, 2.45) is 11.8 Å². The summed E-state index contributed by atoms with van der Waals surface area (Å²) < 4.78 is 2.57. The zero-order chi connectivity index (χ0) is 41.4. The van der Waals surface area contributed by atoms with Gasteiger partial charge in [-0.15, -0.1) is 0 Å². The summed E-state index contributed by atoms with van der Waals surface area (Å²) in [6.45, 7) is 8.82. The third-order valence-electron chi connectivity index (χ3n) is 14.4. The highest BCUT2D eigenvalue weighted by atomic mass is 15.3. The van der Waals surface area contributed by atoms with E-state index < -0.39 is 0 Å². The first-order valence-electron chi connectivity index (χ1n) is 22.5. The smallest absolute Gasteiger partial charge is 0.0722 e. The van der Waals surface area contributed by atoms with E-state index in [1.165, 1.54) is 106 Å². The van der Waals surface area contributed by atoms with Gasteiger partial charge in [0.25, 0.3) is 0 Å². The van der Waals surface area contributed by atoms with Crippen molar-refractivity contribution < 1.29 is 0 Å². The van der Waals surface area contributed by atoms with Crippen LogP contribution < -0.4 is 14.7 Å². The molecule has 0 amide bonds. The first-order valence-corrected chi connectivity index (χ1v) is 22.5. The fraction of sp³-hybridized carbons (Fsp3) is 0.172. The van der Waals surface area contributed by atoms with Gasteiger partial charge in [0.1, 0.15) is 0 Å². The minimum Gasteiger partial charge on any atom is -0.332 e. The second-order valence-electron chi connectivity index (χ2n) is 18.3. The highest BCUT2D eigenvalue weighted by molar-refractivity contribution is 6.28. The Kier molecular flexibility index (Phi) is 7.62. The molecule has 3 aliphatic carbocycles. The van der Waals surface area contributed by atoms with Crippen LogP contribution in [0, 0.1) is 32.6 Å². The van der Waals surface area contributed by atoms with Gasteiger partial charge >= 0.3 is 0 Å². The van der Waals surface area contributed by atoms with Crippen molar-refractivity contribution >= 4 is 72.1 Å². The second kappa shape index (κ2) is 13.2. The Morgan fingerprint density at radius 1 is 0.597 bits per heavy atom. The van der Waals surface area contributed by atoms with Crippen LogP contribution in [0.15, 0.2) is 187 Å². The molecule has 13 rings (SSSR count). The predicted molar refractivity (Wildman–Crippen MR) is 261 cm³/mol. The van der Waals surface area contributed by atoms with Gasteiger partial charge in [-0.05, 0) is 130 Å². The molecule has 62 heavy (non-hydrogen) atoms. The van der Waals surface area contributed by atoms with Gasteiger partial charge in [-0.2, -0.15) is 0 Å². The number of anilines is 5. The number of rotatable bonds is 6. The van der Waals surface area contributed by atoms with Gasteiger partial charge in [0.2, 0.25) is 0 Å². The van der Waals surface area contributed by atoms with Crippen molar-refractivity contribution in [1.29, 1.82) is 0 Å². The van der Waals surface area contributed by atoms with Crippen LogP contribution in [0.5, 0.6) is 0 Å². The van der Waals surface area contributed by atoms with E-state index in [0.29, 0.717) is 5.92 Å². The molecule has 1 saturated heterocycles. The van der Waals surface area contributed by atoms with E-state index in [9.17, 15) is 0 Å². The number of allylic oxidation sites excluding steroid dienone is 8. The van der Waals surface area contributed by atoms with Crippen LogP contribution in [0.2, 0.25) is 0 Å². The Morgan fingerprint density at radius 2 is 1.27 bits per heavy atom. The average Bonchev–Trinajstić information content (AvgIpc) is 4.02. The normalized spacial score (nSPS) is 20.0. The topological polar surface area (TPSA) is 14.1 Å². The molecule has 8 aromatic rings. The molecule has 1 fully saturated rings. The summed E-state index contributed by atoms with van der Waals surface area (Å²) in [5.41, 5.74) is 21.9. The third kappa shape index (κ3) is 5.01. The second-order valence-corrected chi connectivity index (χ2v) is 18.3. The van der Waals surface area contributed by atoms with Gasteiger partial charge < -0.3 is 19.1 Å². The highest BCUT2D eigenvalue weighted by Crippen LogP contribution is 2.60. The number of aromatic nitrogens is 1. The SMILES string of the molecule is Cc1ccc(N(C2=CCC(C)C=C2)C2=CC=C3c4cc5c(cc4N4C6=CCCC=C6C2C34)c2ccc(N(c3ccc(C)cc3)c3ccc(C)cc3)c3c4ccccc4n5c23)cc1. The third-order valence-corrected chi connectivity index (χ3v) is 14.4. The summed E-state index contributed by atoms with van der Waals surface area (Å²) in [7, 11) is 0. The number of nitrogens with zero attached hydrogens (tertiary/aromatic N) is 4. The first-order chi connectivity index (χ1) is 30.4. The van der Waals surface area contributed by atoms with E-state index in [1.807, 2.05) is 0 Å². The van der Waals surface area contributed by atoms with E-state index in [1.54, 1.807) is 0 Å². The van der Waals surface area contributed by atoms with Gasteiger partial charge in [-0.1, -0.05) is 115 Å². The van der Waals surface area contributed by atoms with Crippen molar-refractivity contribution in [2.45, 2.75) is 53.0 Å². The molecule has 3 atom stereocenters. The number of fused-ring (bicyclic) bond motifs is 12. The van der Waals surface area contributed by atoms with Gasteiger partial charge in [-0.3, -0.25) is 0 Å². The average molecular weight is 801 g/mol. The van der Waals surface area contributed by atoms with Gasteiger partial charge in [0.05, 0.1) is 39.9 Å². The highest BCUT2D eigenvalue weighted by Gasteiger charge is 2.53. The Bertz CT molecular complexity index is 3320. The number of hydrogen-bond acceptors (Lipinski definition) is 3. The van der Waals surface area contributed by atoms with Crippen LogP contribution in [0.4, 0.5) is 28.4 Å². The molecule has 300 valence electrons. The molecular formula is C58H48N4. The number of aryl methyl sites for hydroxylation is 3. The molecule has 2 aliphatic heterocycles. The largest absolute Gasteiger partial charge is 0.332 e. The quantitative estimate of drug-likeness (QED) is 0.166. The Labute approximate surface area is 363 Å². The van der Waals surface area contributed by atoms with Crippen LogP contribution >= 0.6 is 0 Å². The van der Waals surface area contributed by atoms with E-state index in [-0.39, 0.29) is 12.0 Å². The molecule has 4 heteroatoms. The zero-order valence-electron chi connectivity index (χ0n) is 35.7.